The minimum atomic E-state index is -1.08. The zero-order chi connectivity index (χ0) is 6.04. The van der Waals surface area contributed by atoms with Crippen molar-refractivity contribution in [2.75, 3.05) is 0 Å². The van der Waals surface area contributed by atoms with E-state index < -0.39 is 11.7 Å². The van der Waals surface area contributed by atoms with Crippen molar-refractivity contribution in [3.8, 4) is 0 Å². The van der Waals surface area contributed by atoms with Crippen LogP contribution < -0.4 is 17.0 Å². The van der Waals surface area contributed by atoms with Crippen molar-refractivity contribution in [1.82, 2.24) is 0 Å². The molecule has 0 aromatic heterocycles. The molecule has 0 aromatic rings. The van der Waals surface area contributed by atoms with Gasteiger partial charge in [0.1, 0.15) is 0 Å². The van der Waals surface area contributed by atoms with E-state index in [2.05, 4.69) is 19.6 Å². The van der Waals surface area contributed by atoms with E-state index in [9.17, 15) is 0 Å². The van der Waals surface area contributed by atoms with Crippen LogP contribution in [0.2, 0.25) is 16.1 Å². The second kappa shape index (κ2) is 4.41. The summed E-state index contributed by atoms with van der Waals surface area (Å²) in [6, 6.07) is 0. The van der Waals surface area contributed by atoms with Crippen molar-refractivity contribution >= 4 is 25.6 Å². The van der Waals surface area contributed by atoms with E-state index in [1.165, 1.54) is 29.7 Å². The molecule has 0 aliphatic carbocycles. The Morgan fingerprint density at radius 2 is 1.56 bits per heavy atom. The first kappa shape index (κ1) is 10.5. The van der Waals surface area contributed by atoms with Gasteiger partial charge in [0.15, 0.2) is 0 Å². The van der Waals surface area contributed by atoms with Gasteiger partial charge in [0, 0.05) is 0 Å². The Labute approximate surface area is 77.6 Å². The maximum Gasteiger partial charge on any atom is -1.00 e. The molecule has 0 N–H and O–H groups in total. The fourth-order valence-corrected chi connectivity index (χ4v) is 7.95. The predicted octanol–water partition coefficient (Wildman–Crippen LogP) is 0.144. The minimum Gasteiger partial charge on any atom is -1.00 e. The summed E-state index contributed by atoms with van der Waals surface area (Å²) in [6.45, 7) is 0. The van der Waals surface area contributed by atoms with Crippen molar-refractivity contribution < 1.29 is 17.0 Å². The van der Waals surface area contributed by atoms with E-state index in [-0.39, 0.29) is 17.0 Å². The van der Waals surface area contributed by atoms with Crippen LogP contribution >= 0.6 is 13.9 Å². The quantitative estimate of drug-likeness (QED) is 0.557. The van der Waals surface area contributed by atoms with Gasteiger partial charge in [-0.05, 0) is 0 Å². The van der Waals surface area contributed by atoms with E-state index in [0.717, 1.165) is 0 Å². The first-order valence-corrected chi connectivity index (χ1v) is 12.2. The third-order valence-electron chi connectivity index (χ3n) is 1.75. The molecular formula is C6H13AsBr2. The van der Waals surface area contributed by atoms with Crippen LogP contribution in [0.4, 0.5) is 0 Å². The predicted molar refractivity (Wildman–Crippen MR) is 44.0 cm³/mol. The van der Waals surface area contributed by atoms with Gasteiger partial charge in [-0.1, -0.05) is 0 Å². The van der Waals surface area contributed by atoms with Crippen molar-refractivity contribution in [3.63, 3.8) is 0 Å². The van der Waals surface area contributed by atoms with Gasteiger partial charge in [0.2, 0.25) is 0 Å². The van der Waals surface area contributed by atoms with Crippen LogP contribution in [0.15, 0.2) is 0 Å². The molecule has 0 nitrogen and oxygen atoms in total. The Morgan fingerprint density at radius 1 is 1.11 bits per heavy atom. The summed E-state index contributed by atoms with van der Waals surface area (Å²) in [7, 11) is 0. The van der Waals surface area contributed by atoms with Gasteiger partial charge in [-0.25, -0.2) is 0 Å². The summed E-state index contributed by atoms with van der Waals surface area (Å²) in [6.07, 6.45) is 4.48. The molecule has 1 fully saturated rings. The molecule has 1 aliphatic heterocycles. The monoisotopic (exact) mass is 318 g/mol. The molecule has 0 bridgehead atoms. The number of hydrogen-bond donors (Lipinski definition) is 0. The third-order valence-corrected chi connectivity index (χ3v) is 10.7. The van der Waals surface area contributed by atoms with Crippen molar-refractivity contribution in [2.24, 2.45) is 0 Å². The van der Waals surface area contributed by atoms with Crippen LogP contribution in [-0.4, -0.2) is 11.7 Å². The molecule has 0 saturated carbocycles. The van der Waals surface area contributed by atoms with Gasteiger partial charge < -0.3 is 17.0 Å². The average molecular weight is 320 g/mol. The van der Waals surface area contributed by atoms with Crippen molar-refractivity contribution in [2.45, 2.75) is 35.4 Å². The van der Waals surface area contributed by atoms with Gasteiger partial charge in [0.05, 0.1) is 0 Å². The van der Waals surface area contributed by atoms with Crippen LogP contribution in [0.3, 0.4) is 0 Å². The van der Waals surface area contributed by atoms with Crippen LogP contribution in [-0.2, 0) is 0 Å². The fourth-order valence-electron chi connectivity index (χ4n) is 1.17. The molecule has 0 spiro atoms. The Kier molecular flexibility index (Phi) is 5.15. The summed E-state index contributed by atoms with van der Waals surface area (Å²) in [5.41, 5.74) is 2.47. The average Bonchev–Trinajstić information content (AvgIpc) is 1.65. The zero-order valence-corrected chi connectivity index (χ0v) is 10.8. The van der Waals surface area contributed by atoms with Crippen LogP contribution in [0.5, 0.6) is 0 Å². The van der Waals surface area contributed by atoms with Gasteiger partial charge in [-0.2, -0.15) is 0 Å². The largest absolute Gasteiger partial charge is 1.00 e. The van der Waals surface area contributed by atoms with Crippen LogP contribution in [0.1, 0.15) is 19.3 Å². The zero-order valence-electron chi connectivity index (χ0n) is 5.74. The van der Waals surface area contributed by atoms with Crippen LogP contribution in [0, 0.1) is 0 Å². The van der Waals surface area contributed by atoms with E-state index >= 15 is 0 Å². The smallest absolute Gasteiger partial charge is 1.00 e. The standard InChI is InChI=1S/C6H13AsBr.BrH/c1-7(8)5-3-2-4-6-7;/h2-6H2,1H3;1H/q+1;/p-1. The van der Waals surface area contributed by atoms with E-state index in [4.69, 9.17) is 0 Å². The SMILES string of the molecule is C[As+]1(Br)CCCCC1.[Br-]. The first-order valence-electron chi connectivity index (χ1n) is 3.25. The Hall–Kier alpha value is 1.52. The normalized spacial score (nSPS) is 24.7. The molecule has 3 heteroatoms. The summed E-state index contributed by atoms with van der Waals surface area (Å²) in [4.78, 5) is 0. The number of rotatable bonds is 0. The van der Waals surface area contributed by atoms with Crippen LogP contribution in [0.25, 0.3) is 0 Å². The number of halogens is 2. The topological polar surface area (TPSA) is 0 Å². The Bertz CT molecular complexity index is 75.1. The summed E-state index contributed by atoms with van der Waals surface area (Å²) in [5, 5.41) is 3.08. The molecule has 1 rings (SSSR count). The van der Waals surface area contributed by atoms with E-state index in [1.54, 1.807) is 0 Å². The third kappa shape index (κ3) is 4.06. The van der Waals surface area contributed by atoms with Gasteiger partial charge in [-0.3, -0.25) is 0 Å². The molecular weight excluding hydrogens is 307 g/mol. The Balaban J connectivity index is 0.000000640. The fraction of sp³-hybridized carbons (Fsp3) is 1.00. The summed E-state index contributed by atoms with van der Waals surface area (Å²) >= 11 is 2.78. The van der Waals surface area contributed by atoms with Gasteiger partial charge in [0.25, 0.3) is 0 Å². The minimum absolute atomic E-state index is 0. The second-order valence-electron chi connectivity index (χ2n) is 2.77. The molecule has 0 unspecified atom stereocenters. The number of hydrogen-bond acceptors (Lipinski definition) is 0. The maximum absolute atomic E-state index is 3.86. The molecule has 56 valence electrons. The molecule has 1 aliphatic rings. The van der Waals surface area contributed by atoms with E-state index in [0.29, 0.717) is 0 Å². The van der Waals surface area contributed by atoms with E-state index in [1.807, 2.05) is 0 Å². The van der Waals surface area contributed by atoms with Gasteiger partial charge >= 0.3 is 61.0 Å². The molecule has 0 amide bonds. The molecule has 0 radical (unpaired) electrons. The molecule has 1 heterocycles. The summed E-state index contributed by atoms with van der Waals surface area (Å²) in [5.74, 6) is 0. The van der Waals surface area contributed by atoms with Crippen molar-refractivity contribution in [1.29, 1.82) is 0 Å². The van der Waals surface area contributed by atoms with Gasteiger partial charge in [-0.15, -0.1) is 0 Å². The second-order valence-corrected chi connectivity index (χ2v) is 18.9. The Morgan fingerprint density at radius 3 is 1.78 bits per heavy atom. The first-order chi connectivity index (χ1) is 3.71. The molecule has 0 atom stereocenters. The molecule has 1 saturated heterocycles. The molecule has 0 aromatic carbocycles. The molecule has 9 heavy (non-hydrogen) atoms. The maximum atomic E-state index is 3.86. The summed E-state index contributed by atoms with van der Waals surface area (Å²) < 4.78 is 0. The van der Waals surface area contributed by atoms with Crippen molar-refractivity contribution in [3.05, 3.63) is 0 Å².